The van der Waals surface area contributed by atoms with Crippen molar-refractivity contribution in [3.63, 3.8) is 0 Å². The summed E-state index contributed by atoms with van der Waals surface area (Å²) >= 11 is 0. The first-order chi connectivity index (χ1) is 7.19. The summed E-state index contributed by atoms with van der Waals surface area (Å²) in [6, 6.07) is 0.580. The minimum atomic E-state index is 0.580. The molecule has 0 aromatic heterocycles. The molecule has 15 heavy (non-hydrogen) atoms. The van der Waals surface area contributed by atoms with E-state index in [0.29, 0.717) is 12.0 Å². The summed E-state index contributed by atoms with van der Waals surface area (Å²) in [4.78, 5) is 7.36. The van der Waals surface area contributed by atoms with E-state index in [1.54, 1.807) is 0 Å². The lowest BCUT2D eigenvalue weighted by Crippen LogP contribution is -2.31. The van der Waals surface area contributed by atoms with E-state index in [9.17, 15) is 0 Å². The Labute approximate surface area is 94.8 Å². The van der Waals surface area contributed by atoms with Gasteiger partial charge < -0.3 is 4.90 Å². The Bertz CT molecular complexity index is 203. The Morgan fingerprint density at radius 3 is 2.27 bits per heavy atom. The SMILES string of the molecule is CCCN(CCC)C1=NC(C(C)C)CC1. The molecule has 0 N–H and O–H groups in total. The summed E-state index contributed by atoms with van der Waals surface area (Å²) in [5.74, 6) is 2.07. The van der Waals surface area contributed by atoms with E-state index in [1.165, 1.54) is 44.6 Å². The molecule has 1 unspecified atom stereocenters. The third-order valence-corrected chi connectivity index (χ3v) is 3.10. The molecule has 0 spiro atoms. The quantitative estimate of drug-likeness (QED) is 0.679. The topological polar surface area (TPSA) is 15.6 Å². The zero-order chi connectivity index (χ0) is 11.3. The highest BCUT2D eigenvalue weighted by Crippen LogP contribution is 2.22. The van der Waals surface area contributed by atoms with Crippen LogP contribution in [-0.4, -0.2) is 29.9 Å². The van der Waals surface area contributed by atoms with E-state index in [-0.39, 0.29) is 0 Å². The molecular weight excluding hydrogens is 184 g/mol. The first kappa shape index (κ1) is 12.5. The molecule has 0 aliphatic carbocycles. The van der Waals surface area contributed by atoms with Gasteiger partial charge in [-0.1, -0.05) is 27.7 Å². The number of amidine groups is 1. The molecular formula is C13H26N2. The average Bonchev–Trinajstić information content (AvgIpc) is 2.66. The van der Waals surface area contributed by atoms with Crippen LogP contribution in [0.4, 0.5) is 0 Å². The summed E-state index contributed by atoms with van der Waals surface area (Å²) in [5.41, 5.74) is 0. The minimum absolute atomic E-state index is 0.580. The zero-order valence-electron chi connectivity index (χ0n) is 10.8. The summed E-state index contributed by atoms with van der Waals surface area (Å²) in [5, 5.41) is 0. The fraction of sp³-hybridized carbons (Fsp3) is 0.923. The minimum Gasteiger partial charge on any atom is -0.360 e. The van der Waals surface area contributed by atoms with Gasteiger partial charge in [-0.05, 0) is 25.2 Å². The van der Waals surface area contributed by atoms with Crippen molar-refractivity contribution >= 4 is 5.84 Å². The van der Waals surface area contributed by atoms with Gasteiger partial charge in [0, 0.05) is 19.5 Å². The molecule has 1 aliphatic heterocycles. The zero-order valence-corrected chi connectivity index (χ0v) is 10.8. The predicted octanol–water partition coefficient (Wildman–Crippen LogP) is 3.33. The molecule has 0 saturated carbocycles. The predicted molar refractivity (Wildman–Crippen MR) is 67.5 cm³/mol. The van der Waals surface area contributed by atoms with Crippen molar-refractivity contribution < 1.29 is 0 Å². The first-order valence-corrected chi connectivity index (χ1v) is 6.50. The van der Waals surface area contributed by atoms with Crippen LogP contribution in [-0.2, 0) is 0 Å². The summed E-state index contributed by atoms with van der Waals surface area (Å²) in [7, 11) is 0. The second-order valence-electron chi connectivity index (χ2n) is 4.88. The van der Waals surface area contributed by atoms with Gasteiger partial charge in [-0.25, -0.2) is 0 Å². The number of aliphatic imine (C=N–C) groups is 1. The van der Waals surface area contributed by atoms with E-state index in [2.05, 4.69) is 32.6 Å². The summed E-state index contributed by atoms with van der Waals surface area (Å²) in [6.45, 7) is 11.4. The fourth-order valence-corrected chi connectivity index (χ4v) is 2.23. The van der Waals surface area contributed by atoms with Crippen LogP contribution in [0.1, 0.15) is 53.4 Å². The Kier molecular flexibility index (Phi) is 5.13. The van der Waals surface area contributed by atoms with Gasteiger partial charge in [0.2, 0.25) is 0 Å². The van der Waals surface area contributed by atoms with Crippen molar-refractivity contribution in [1.29, 1.82) is 0 Å². The lowest BCUT2D eigenvalue weighted by molar-refractivity contribution is 0.411. The van der Waals surface area contributed by atoms with Crippen LogP contribution in [0.15, 0.2) is 4.99 Å². The van der Waals surface area contributed by atoms with Crippen molar-refractivity contribution in [2.75, 3.05) is 13.1 Å². The standard InChI is InChI=1S/C13H26N2/c1-5-9-15(10-6-2)13-8-7-12(14-13)11(3)4/h11-12H,5-10H2,1-4H3. The lowest BCUT2D eigenvalue weighted by Gasteiger charge is -2.23. The number of hydrogen-bond acceptors (Lipinski definition) is 2. The maximum absolute atomic E-state index is 4.87. The van der Waals surface area contributed by atoms with Gasteiger partial charge in [0.15, 0.2) is 0 Å². The molecule has 0 amide bonds. The molecule has 0 fully saturated rings. The van der Waals surface area contributed by atoms with Gasteiger partial charge in [0.1, 0.15) is 0 Å². The van der Waals surface area contributed by atoms with Gasteiger partial charge in [0.05, 0.1) is 11.9 Å². The van der Waals surface area contributed by atoms with Crippen molar-refractivity contribution in [3.05, 3.63) is 0 Å². The number of rotatable bonds is 5. The monoisotopic (exact) mass is 210 g/mol. The van der Waals surface area contributed by atoms with Crippen LogP contribution in [0.5, 0.6) is 0 Å². The molecule has 0 radical (unpaired) electrons. The molecule has 2 heteroatoms. The molecule has 88 valence electrons. The molecule has 1 rings (SSSR count). The molecule has 0 aromatic rings. The highest BCUT2D eigenvalue weighted by molar-refractivity contribution is 5.84. The summed E-state index contributed by atoms with van der Waals surface area (Å²) in [6.07, 6.45) is 4.91. The summed E-state index contributed by atoms with van der Waals surface area (Å²) < 4.78 is 0. The Hall–Kier alpha value is -0.530. The largest absolute Gasteiger partial charge is 0.360 e. The van der Waals surface area contributed by atoms with E-state index in [4.69, 9.17) is 4.99 Å². The molecule has 1 aliphatic rings. The van der Waals surface area contributed by atoms with Gasteiger partial charge in [-0.2, -0.15) is 0 Å². The molecule has 1 atom stereocenters. The molecule has 0 aromatic carbocycles. The van der Waals surface area contributed by atoms with Crippen LogP contribution < -0.4 is 0 Å². The maximum Gasteiger partial charge on any atom is 0.0993 e. The van der Waals surface area contributed by atoms with Crippen molar-refractivity contribution in [1.82, 2.24) is 4.90 Å². The Morgan fingerprint density at radius 2 is 1.87 bits per heavy atom. The van der Waals surface area contributed by atoms with Gasteiger partial charge in [0.25, 0.3) is 0 Å². The molecule has 1 heterocycles. The third kappa shape index (κ3) is 3.51. The van der Waals surface area contributed by atoms with Crippen LogP contribution in [0, 0.1) is 5.92 Å². The molecule has 0 saturated heterocycles. The van der Waals surface area contributed by atoms with Crippen molar-refractivity contribution in [2.45, 2.75) is 59.4 Å². The van der Waals surface area contributed by atoms with Crippen molar-refractivity contribution in [3.8, 4) is 0 Å². The second-order valence-corrected chi connectivity index (χ2v) is 4.88. The first-order valence-electron chi connectivity index (χ1n) is 6.50. The van der Waals surface area contributed by atoms with Gasteiger partial charge in [-0.3, -0.25) is 4.99 Å². The van der Waals surface area contributed by atoms with E-state index < -0.39 is 0 Å². The molecule has 2 nitrogen and oxygen atoms in total. The Balaban J connectivity index is 2.56. The number of hydrogen-bond donors (Lipinski definition) is 0. The van der Waals surface area contributed by atoms with E-state index in [1.807, 2.05) is 0 Å². The third-order valence-electron chi connectivity index (χ3n) is 3.10. The fourth-order valence-electron chi connectivity index (χ4n) is 2.23. The smallest absolute Gasteiger partial charge is 0.0993 e. The average molecular weight is 210 g/mol. The maximum atomic E-state index is 4.87. The van der Waals surface area contributed by atoms with Gasteiger partial charge in [-0.15, -0.1) is 0 Å². The normalized spacial score (nSPS) is 20.9. The number of nitrogens with zero attached hydrogens (tertiary/aromatic N) is 2. The lowest BCUT2D eigenvalue weighted by atomic mass is 10.0. The second kappa shape index (κ2) is 6.14. The highest BCUT2D eigenvalue weighted by atomic mass is 15.2. The van der Waals surface area contributed by atoms with Crippen LogP contribution in [0.2, 0.25) is 0 Å². The molecule has 0 bridgehead atoms. The van der Waals surface area contributed by atoms with E-state index >= 15 is 0 Å². The van der Waals surface area contributed by atoms with Crippen LogP contribution in [0.3, 0.4) is 0 Å². The van der Waals surface area contributed by atoms with E-state index in [0.717, 1.165) is 0 Å². The highest BCUT2D eigenvalue weighted by Gasteiger charge is 2.23. The Morgan fingerprint density at radius 1 is 1.27 bits per heavy atom. The van der Waals surface area contributed by atoms with Crippen LogP contribution >= 0.6 is 0 Å². The van der Waals surface area contributed by atoms with Gasteiger partial charge >= 0.3 is 0 Å². The van der Waals surface area contributed by atoms with Crippen molar-refractivity contribution in [2.24, 2.45) is 10.9 Å². The van der Waals surface area contributed by atoms with Crippen LogP contribution in [0.25, 0.3) is 0 Å².